The van der Waals surface area contributed by atoms with Crippen molar-refractivity contribution < 1.29 is 4.79 Å². The van der Waals surface area contributed by atoms with Crippen molar-refractivity contribution in [2.75, 3.05) is 12.4 Å². The van der Waals surface area contributed by atoms with Gasteiger partial charge in [0.05, 0.1) is 0 Å². The molecule has 1 aliphatic rings. The van der Waals surface area contributed by atoms with E-state index in [2.05, 4.69) is 4.99 Å². The summed E-state index contributed by atoms with van der Waals surface area (Å²) in [6, 6.07) is 0. The predicted molar refractivity (Wildman–Crippen MR) is 62.8 cm³/mol. The lowest BCUT2D eigenvalue weighted by Crippen LogP contribution is -2.56. The van der Waals surface area contributed by atoms with E-state index in [0.717, 1.165) is 10.9 Å². The van der Waals surface area contributed by atoms with Crippen LogP contribution >= 0.6 is 11.9 Å². The second-order valence-electron chi connectivity index (χ2n) is 4.32. The molecule has 15 heavy (non-hydrogen) atoms. The summed E-state index contributed by atoms with van der Waals surface area (Å²) in [5.41, 5.74) is 0.287. The van der Waals surface area contributed by atoms with E-state index in [1.807, 2.05) is 27.7 Å². The van der Waals surface area contributed by atoms with Crippen LogP contribution in [0.25, 0.3) is 0 Å². The van der Waals surface area contributed by atoms with E-state index in [-0.39, 0.29) is 11.3 Å². The number of hydrazine groups is 2. The molecule has 6 heteroatoms. The summed E-state index contributed by atoms with van der Waals surface area (Å²) in [6.07, 6.45) is 0. The van der Waals surface area contributed by atoms with Crippen molar-refractivity contribution in [1.29, 1.82) is 0 Å². The molecule has 0 radical (unpaired) electrons. The van der Waals surface area contributed by atoms with Gasteiger partial charge in [0.1, 0.15) is 12.4 Å². The highest BCUT2D eigenvalue weighted by atomic mass is 32.2. The maximum absolute atomic E-state index is 11.9. The van der Waals surface area contributed by atoms with Gasteiger partial charge in [-0.1, -0.05) is 39.6 Å². The maximum Gasteiger partial charge on any atom is 0.298 e. The van der Waals surface area contributed by atoms with Gasteiger partial charge in [0, 0.05) is 11.2 Å². The molecule has 0 saturated carbocycles. The zero-order chi connectivity index (χ0) is 11.6. The van der Waals surface area contributed by atoms with Gasteiger partial charge < -0.3 is 0 Å². The second kappa shape index (κ2) is 4.51. The van der Waals surface area contributed by atoms with Crippen LogP contribution in [0.2, 0.25) is 0 Å². The molecule has 1 aliphatic heterocycles. The molecule has 2 N–H and O–H groups in total. The Morgan fingerprint density at radius 3 is 2.60 bits per heavy atom. The second-order valence-corrected chi connectivity index (χ2v) is 5.57. The van der Waals surface area contributed by atoms with E-state index in [4.69, 9.17) is 5.84 Å². The third-order valence-corrected chi connectivity index (χ3v) is 2.84. The summed E-state index contributed by atoms with van der Waals surface area (Å²) in [7, 11) is 0. The lowest BCUT2D eigenvalue weighted by molar-refractivity contribution is -0.135. The number of nitrogens with zero attached hydrogens (tertiary/aromatic N) is 3. The first-order valence-electron chi connectivity index (χ1n) is 4.92. The van der Waals surface area contributed by atoms with Crippen molar-refractivity contribution in [2.24, 2.45) is 16.3 Å². The molecule has 1 amide bonds. The smallest absolute Gasteiger partial charge is 0.265 e. The first-order valence-corrected chi connectivity index (χ1v) is 5.86. The molecule has 1 rings (SSSR count). The highest BCUT2D eigenvalue weighted by Gasteiger charge is 2.34. The number of nitrogens with two attached hydrogens (primary N) is 1. The Bertz CT molecular complexity index is 284. The van der Waals surface area contributed by atoms with Gasteiger partial charge in [0.2, 0.25) is 0 Å². The van der Waals surface area contributed by atoms with E-state index in [9.17, 15) is 4.79 Å². The van der Waals surface area contributed by atoms with Crippen LogP contribution in [0.1, 0.15) is 27.7 Å². The van der Waals surface area contributed by atoms with Crippen molar-refractivity contribution >= 4 is 23.6 Å². The summed E-state index contributed by atoms with van der Waals surface area (Å²) in [4.78, 5) is 16.2. The standard InChI is InChI=1S/C9H18N4OS/c1-5-15-12-6-11-7(9(2,3)4)8(14)13(12)10/h5-6,10H2,1-4H3. The number of hydrogen-bond donors (Lipinski definition) is 1. The zero-order valence-corrected chi connectivity index (χ0v) is 10.5. The van der Waals surface area contributed by atoms with E-state index in [0.29, 0.717) is 12.4 Å². The molecule has 0 aliphatic carbocycles. The molecule has 0 unspecified atom stereocenters. The number of carbonyl (C=O) groups excluding carboxylic acids is 1. The molecule has 0 aromatic carbocycles. The largest absolute Gasteiger partial charge is 0.298 e. The van der Waals surface area contributed by atoms with Crippen molar-refractivity contribution in [1.82, 2.24) is 9.53 Å². The quantitative estimate of drug-likeness (QED) is 0.437. The molecule has 0 aromatic heterocycles. The predicted octanol–water partition coefficient (Wildman–Crippen LogP) is 1.03. The molecular formula is C9H18N4OS. The first kappa shape index (κ1) is 12.5. The lowest BCUT2D eigenvalue weighted by atomic mass is 9.89. The van der Waals surface area contributed by atoms with Gasteiger partial charge in [0.25, 0.3) is 5.91 Å². The minimum atomic E-state index is -0.252. The molecular weight excluding hydrogens is 212 g/mol. The van der Waals surface area contributed by atoms with Crippen molar-refractivity contribution in [2.45, 2.75) is 27.7 Å². The topological polar surface area (TPSA) is 61.9 Å². The fraction of sp³-hybridized carbons (Fsp3) is 0.778. The van der Waals surface area contributed by atoms with Crippen LogP contribution < -0.4 is 5.84 Å². The fourth-order valence-corrected chi connectivity index (χ4v) is 1.92. The maximum atomic E-state index is 11.9. The number of hydrogen-bond acceptors (Lipinski definition) is 5. The average molecular weight is 230 g/mol. The van der Waals surface area contributed by atoms with Gasteiger partial charge in [0.15, 0.2) is 0 Å². The zero-order valence-electron chi connectivity index (χ0n) is 9.65. The van der Waals surface area contributed by atoms with Crippen LogP contribution in [-0.2, 0) is 4.79 Å². The van der Waals surface area contributed by atoms with E-state index >= 15 is 0 Å². The Morgan fingerprint density at radius 2 is 2.13 bits per heavy atom. The van der Waals surface area contributed by atoms with Crippen molar-refractivity contribution in [3.63, 3.8) is 0 Å². The van der Waals surface area contributed by atoms with Crippen molar-refractivity contribution in [3.8, 4) is 0 Å². The molecule has 1 heterocycles. The molecule has 0 fully saturated rings. The highest BCUT2D eigenvalue weighted by molar-refractivity contribution is 7.96. The number of aliphatic imine (C=N–C) groups is 1. The van der Waals surface area contributed by atoms with Gasteiger partial charge in [-0.2, -0.15) is 5.12 Å². The summed E-state index contributed by atoms with van der Waals surface area (Å²) >= 11 is 1.48. The highest BCUT2D eigenvalue weighted by Crippen LogP contribution is 2.23. The fourth-order valence-electron chi connectivity index (χ4n) is 1.29. The lowest BCUT2D eigenvalue weighted by Gasteiger charge is -2.35. The molecule has 0 aromatic rings. The molecule has 0 spiro atoms. The molecule has 0 saturated heterocycles. The van der Waals surface area contributed by atoms with E-state index in [1.54, 1.807) is 4.41 Å². The SMILES string of the molecule is CCSN1CN=C(C(C)(C)C)C(=O)N1N. The van der Waals surface area contributed by atoms with E-state index < -0.39 is 0 Å². The monoisotopic (exact) mass is 230 g/mol. The van der Waals surface area contributed by atoms with Crippen LogP contribution in [0, 0.1) is 5.41 Å². The van der Waals surface area contributed by atoms with Crippen LogP contribution in [0.5, 0.6) is 0 Å². The average Bonchev–Trinajstić information content (AvgIpc) is 2.11. The van der Waals surface area contributed by atoms with Crippen molar-refractivity contribution in [3.05, 3.63) is 0 Å². The van der Waals surface area contributed by atoms with Crippen LogP contribution in [0.3, 0.4) is 0 Å². The van der Waals surface area contributed by atoms with Gasteiger partial charge in [-0.15, -0.1) is 4.41 Å². The van der Waals surface area contributed by atoms with E-state index in [1.165, 1.54) is 11.9 Å². The number of carbonyl (C=O) groups is 1. The summed E-state index contributed by atoms with van der Waals surface area (Å²) in [5, 5.41) is 1.15. The van der Waals surface area contributed by atoms with Gasteiger partial charge in [-0.05, 0) is 0 Å². The minimum Gasteiger partial charge on any atom is -0.265 e. The minimum absolute atomic E-state index is 0.213. The summed E-state index contributed by atoms with van der Waals surface area (Å²) in [6.45, 7) is 8.32. The molecule has 0 bridgehead atoms. The van der Waals surface area contributed by atoms with Gasteiger partial charge >= 0.3 is 0 Å². The molecule has 0 atom stereocenters. The summed E-state index contributed by atoms with van der Waals surface area (Å²) in [5.74, 6) is 6.35. The van der Waals surface area contributed by atoms with Gasteiger partial charge in [-0.25, -0.2) is 5.84 Å². The Labute approximate surface area is 94.8 Å². The third kappa shape index (κ3) is 2.70. The molecule has 5 nitrogen and oxygen atoms in total. The Kier molecular flexibility index (Phi) is 3.75. The van der Waals surface area contributed by atoms with Gasteiger partial charge in [-0.3, -0.25) is 9.79 Å². The Balaban J connectivity index is 2.85. The third-order valence-electron chi connectivity index (χ3n) is 1.99. The number of amides is 1. The first-order chi connectivity index (χ1) is 6.88. The summed E-state index contributed by atoms with van der Waals surface area (Å²) < 4.78 is 1.66. The van der Waals surface area contributed by atoms with Crippen LogP contribution in [-0.4, -0.2) is 33.6 Å². The Morgan fingerprint density at radius 1 is 1.53 bits per heavy atom. The normalized spacial score (nSPS) is 19.4. The Hall–Kier alpha value is -0.590. The van der Waals surface area contributed by atoms with Crippen LogP contribution in [0.4, 0.5) is 0 Å². The van der Waals surface area contributed by atoms with Crippen LogP contribution in [0.15, 0.2) is 4.99 Å². The number of rotatable bonds is 2. The molecule has 86 valence electrons.